The predicted molar refractivity (Wildman–Crippen MR) is 78.5 cm³/mol. The van der Waals surface area contributed by atoms with Crippen LogP contribution < -0.4 is 16.0 Å². The summed E-state index contributed by atoms with van der Waals surface area (Å²) < 4.78 is 11.4. The first kappa shape index (κ1) is 13.9. The predicted octanol–water partition coefficient (Wildman–Crippen LogP) is 1.95. The molecule has 0 radical (unpaired) electrons. The van der Waals surface area contributed by atoms with Gasteiger partial charge >= 0.3 is 0 Å². The molecule has 3 N–H and O–H groups in total. The zero-order valence-electron chi connectivity index (χ0n) is 12.3. The number of hydrazine groups is 1. The van der Waals surface area contributed by atoms with Gasteiger partial charge in [0.1, 0.15) is 5.75 Å². The summed E-state index contributed by atoms with van der Waals surface area (Å²) in [5.41, 5.74) is 5.48. The Morgan fingerprint density at radius 3 is 2.90 bits per heavy atom. The number of methoxy groups -OCH3 is 1. The maximum Gasteiger partial charge on any atom is 0.122 e. The molecule has 2 aliphatic rings. The lowest BCUT2D eigenvalue weighted by molar-refractivity contribution is 0.0856. The van der Waals surface area contributed by atoms with Gasteiger partial charge in [-0.2, -0.15) is 0 Å². The molecule has 0 aliphatic carbocycles. The molecule has 4 heteroatoms. The Hall–Kier alpha value is -1.10. The van der Waals surface area contributed by atoms with Gasteiger partial charge in [0.2, 0.25) is 0 Å². The summed E-state index contributed by atoms with van der Waals surface area (Å²) in [4.78, 5) is 0. The smallest absolute Gasteiger partial charge is 0.122 e. The van der Waals surface area contributed by atoms with Gasteiger partial charge in [-0.05, 0) is 44.2 Å². The minimum atomic E-state index is 0.251. The molecule has 110 valence electrons. The summed E-state index contributed by atoms with van der Waals surface area (Å²) >= 11 is 0. The highest BCUT2D eigenvalue weighted by molar-refractivity contribution is 5.37. The summed E-state index contributed by atoms with van der Waals surface area (Å²) in [7, 11) is 1.72. The Kier molecular flexibility index (Phi) is 3.96. The molecule has 4 unspecified atom stereocenters. The number of nitrogens with one attached hydrogen (secondary N) is 1. The molecule has 4 nitrogen and oxygen atoms in total. The fourth-order valence-corrected chi connectivity index (χ4v) is 3.74. The molecule has 0 aromatic heterocycles. The quantitative estimate of drug-likeness (QED) is 0.637. The van der Waals surface area contributed by atoms with Crippen molar-refractivity contribution >= 4 is 0 Å². The molecule has 0 spiro atoms. The van der Waals surface area contributed by atoms with Crippen LogP contribution in [0.2, 0.25) is 0 Å². The lowest BCUT2D eigenvalue weighted by atomic mass is 9.81. The van der Waals surface area contributed by atoms with Crippen LogP contribution >= 0.6 is 0 Å². The van der Waals surface area contributed by atoms with Gasteiger partial charge in [-0.15, -0.1) is 0 Å². The van der Waals surface area contributed by atoms with Crippen molar-refractivity contribution in [3.63, 3.8) is 0 Å². The van der Waals surface area contributed by atoms with Crippen LogP contribution in [0.5, 0.6) is 5.75 Å². The van der Waals surface area contributed by atoms with Crippen molar-refractivity contribution in [1.29, 1.82) is 0 Å². The molecule has 1 aromatic rings. The minimum absolute atomic E-state index is 0.251. The second-order valence-electron chi connectivity index (χ2n) is 6.07. The minimum Gasteiger partial charge on any atom is -0.496 e. The molecule has 3 rings (SSSR count). The van der Waals surface area contributed by atoms with Gasteiger partial charge in [0, 0.05) is 12.0 Å². The second kappa shape index (κ2) is 5.72. The van der Waals surface area contributed by atoms with E-state index in [1.54, 1.807) is 7.11 Å². The molecular formula is C16H24N2O2. The van der Waals surface area contributed by atoms with Crippen LogP contribution in [0.4, 0.5) is 0 Å². The van der Waals surface area contributed by atoms with Gasteiger partial charge in [0.15, 0.2) is 0 Å². The third kappa shape index (κ3) is 2.55. The van der Waals surface area contributed by atoms with Gasteiger partial charge in [0.05, 0.1) is 19.3 Å². The van der Waals surface area contributed by atoms with E-state index in [4.69, 9.17) is 15.3 Å². The van der Waals surface area contributed by atoms with Crippen LogP contribution in [-0.4, -0.2) is 25.4 Å². The Morgan fingerprint density at radius 2 is 2.30 bits per heavy atom. The van der Waals surface area contributed by atoms with Crippen molar-refractivity contribution in [1.82, 2.24) is 5.43 Å². The van der Waals surface area contributed by atoms with Gasteiger partial charge in [0.25, 0.3) is 0 Å². The SMILES string of the molecule is COc1ccc(C)cc1CC(NN)C1CC2CCC1O2. The van der Waals surface area contributed by atoms with Crippen molar-refractivity contribution < 1.29 is 9.47 Å². The Morgan fingerprint density at radius 1 is 1.45 bits per heavy atom. The monoisotopic (exact) mass is 276 g/mol. The van der Waals surface area contributed by atoms with E-state index in [9.17, 15) is 0 Å². The van der Waals surface area contributed by atoms with Gasteiger partial charge < -0.3 is 9.47 Å². The van der Waals surface area contributed by atoms with E-state index in [2.05, 4.69) is 24.5 Å². The van der Waals surface area contributed by atoms with Crippen LogP contribution in [-0.2, 0) is 11.2 Å². The number of nitrogens with two attached hydrogens (primary N) is 1. The molecular weight excluding hydrogens is 252 g/mol. The first-order valence-electron chi connectivity index (χ1n) is 7.46. The van der Waals surface area contributed by atoms with Crippen LogP contribution in [0.3, 0.4) is 0 Å². The van der Waals surface area contributed by atoms with Crippen LogP contribution in [0.25, 0.3) is 0 Å². The van der Waals surface area contributed by atoms with Crippen molar-refractivity contribution in [2.75, 3.05) is 7.11 Å². The zero-order valence-corrected chi connectivity index (χ0v) is 12.3. The fraction of sp³-hybridized carbons (Fsp3) is 0.625. The normalized spacial score (nSPS) is 29.6. The molecule has 2 aliphatic heterocycles. The van der Waals surface area contributed by atoms with E-state index in [1.165, 1.54) is 24.0 Å². The summed E-state index contributed by atoms with van der Waals surface area (Å²) in [6.07, 6.45) is 5.26. The molecule has 2 bridgehead atoms. The summed E-state index contributed by atoms with van der Waals surface area (Å²) in [6.45, 7) is 2.11. The first-order valence-corrected chi connectivity index (χ1v) is 7.46. The second-order valence-corrected chi connectivity index (χ2v) is 6.07. The Balaban J connectivity index is 1.76. The highest BCUT2D eigenvalue weighted by atomic mass is 16.5. The average Bonchev–Trinajstić information content (AvgIpc) is 3.07. The number of hydrogen-bond acceptors (Lipinski definition) is 4. The van der Waals surface area contributed by atoms with Crippen LogP contribution in [0.1, 0.15) is 30.4 Å². The van der Waals surface area contributed by atoms with Crippen molar-refractivity contribution in [3.8, 4) is 5.75 Å². The largest absolute Gasteiger partial charge is 0.496 e. The first-order chi connectivity index (χ1) is 9.71. The maximum absolute atomic E-state index is 5.96. The van der Waals surface area contributed by atoms with E-state index in [0.717, 1.165) is 18.6 Å². The molecule has 4 atom stereocenters. The maximum atomic E-state index is 5.96. The summed E-state index contributed by atoms with van der Waals surface area (Å²) in [5.74, 6) is 7.28. The van der Waals surface area contributed by atoms with Gasteiger partial charge in [-0.3, -0.25) is 11.3 Å². The third-order valence-corrected chi connectivity index (χ3v) is 4.76. The average molecular weight is 276 g/mol. The molecule has 2 heterocycles. The lowest BCUT2D eigenvalue weighted by Gasteiger charge is -2.28. The molecule has 2 fully saturated rings. The Bertz CT molecular complexity index is 478. The molecule has 1 aromatic carbocycles. The highest BCUT2D eigenvalue weighted by Crippen LogP contribution is 2.41. The summed E-state index contributed by atoms with van der Waals surface area (Å²) in [6, 6.07) is 6.56. The Labute approximate surface area is 120 Å². The van der Waals surface area contributed by atoms with E-state index in [0.29, 0.717) is 18.1 Å². The topological polar surface area (TPSA) is 56.5 Å². The number of rotatable bonds is 5. The van der Waals surface area contributed by atoms with E-state index in [1.807, 2.05) is 6.07 Å². The van der Waals surface area contributed by atoms with E-state index < -0.39 is 0 Å². The lowest BCUT2D eigenvalue weighted by Crippen LogP contribution is -2.45. The number of aryl methyl sites for hydroxylation is 1. The van der Waals surface area contributed by atoms with Crippen molar-refractivity contribution in [3.05, 3.63) is 29.3 Å². The molecule has 20 heavy (non-hydrogen) atoms. The van der Waals surface area contributed by atoms with Gasteiger partial charge in [-0.25, -0.2) is 0 Å². The van der Waals surface area contributed by atoms with Crippen LogP contribution in [0.15, 0.2) is 18.2 Å². The number of ether oxygens (including phenoxy) is 2. The standard InChI is InChI=1S/C16H24N2O2/c1-10-3-5-15(19-2)11(7-10)8-14(18-17)13-9-12-4-6-16(13)20-12/h3,5,7,12-14,16,18H,4,6,8-9,17H2,1-2H3. The van der Waals surface area contributed by atoms with Gasteiger partial charge in [-0.1, -0.05) is 17.7 Å². The van der Waals surface area contributed by atoms with E-state index in [-0.39, 0.29) is 6.04 Å². The third-order valence-electron chi connectivity index (χ3n) is 4.76. The van der Waals surface area contributed by atoms with Crippen LogP contribution in [0, 0.1) is 12.8 Å². The van der Waals surface area contributed by atoms with E-state index >= 15 is 0 Å². The van der Waals surface area contributed by atoms with Crippen molar-refractivity contribution in [2.45, 2.75) is 50.9 Å². The summed E-state index contributed by atoms with van der Waals surface area (Å²) in [5, 5.41) is 0. The molecule has 2 saturated heterocycles. The highest BCUT2D eigenvalue weighted by Gasteiger charge is 2.44. The van der Waals surface area contributed by atoms with Crippen molar-refractivity contribution in [2.24, 2.45) is 11.8 Å². The number of fused-ring (bicyclic) bond motifs is 2. The fourth-order valence-electron chi connectivity index (χ4n) is 3.74. The zero-order chi connectivity index (χ0) is 14.1. The molecule has 0 amide bonds. The number of hydrogen-bond donors (Lipinski definition) is 2. The number of benzene rings is 1. The molecule has 0 saturated carbocycles.